The molecule has 0 radical (unpaired) electrons. The minimum Gasteiger partial charge on any atom is -0.455 e. The summed E-state index contributed by atoms with van der Waals surface area (Å²) in [6.07, 6.45) is 0. The number of rotatable bonds is 3. The van der Waals surface area contributed by atoms with Crippen LogP contribution in [0.25, 0.3) is 0 Å². The van der Waals surface area contributed by atoms with Gasteiger partial charge in [-0.05, 0) is 45.8 Å². The van der Waals surface area contributed by atoms with Gasteiger partial charge in [0.1, 0.15) is 6.61 Å². The first-order valence-corrected chi connectivity index (χ1v) is 6.40. The number of carbonyl (C=O) groups is 1. The van der Waals surface area contributed by atoms with Gasteiger partial charge in [0.05, 0.1) is 0 Å². The molecule has 17 heavy (non-hydrogen) atoms. The number of ether oxygens (including phenoxy) is 1. The lowest BCUT2D eigenvalue weighted by molar-refractivity contribution is 0.0434. The first kappa shape index (κ1) is 12.4. The Hall–Kier alpha value is -1.07. The van der Waals surface area contributed by atoms with Gasteiger partial charge in [0.15, 0.2) is 4.67 Å². The van der Waals surface area contributed by atoms with E-state index in [9.17, 15) is 4.79 Å². The first-order valence-electron chi connectivity index (χ1n) is 4.82. The lowest BCUT2D eigenvalue weighted by Crippen LogP contribution is -2.03. The van der Waals surface area contributed by atoms with E-state index in [2.05, 4.69) is 31.9 Å². The van der Waals surface area contributed by atoms with Crippen molar-refractivity contribution in [3.63, 3.8) is 0 Å². The van der Waals surface area contributed by atoms with Crippen molar-refractivity contribution in [2.45, 2.75) is 6.61 Å². The van der Waals surface area contributed by atoms with Crippen molar-refractivity contribution in [1.82, 2.24) is 0 Å². The maximum atomic E-state index is 11.6. The minimum absolute atomic E-state index is 0.189. The number of halogens is 2. The summed E-state index contributed by atoms with van der Waals surface area (Å²) in [4.78, 5) is 11.6. The summed E-state index contributed by atoms with van der Waals surface area (Å²) < 4.78 is 11.7. The molecule has 0 N–H and O–H groups in total. The summed E-state index contributed by atoms with van der Waals surface area (Å²) >= 11 is 6.46. The molecule has 2 rings (SSSR count). The molecule has 1 aromatic heterocycles. The van der Waals surface area contributed by atoms with Crippen LogP contribution < -0.4 is 0 Å². The zero-order valence-electron chi connectivity index (χ0n) is 8.65. The molecule has 88 valence electrons. The largest absolute Gasteiger partial charge is 0.455 e. The molecule has 0 saturated heterocycles. The van der Waals surface area contributed by atoms with Crippen molar-refractivity contribution in [2.24, 2.45) is 0 Å². The quantitative estimate of drug-likeness (QED) is 0.772. The first-order chi connectivity index (χ1) is 8.15. The third-order valence-electron chi connectivity index (χ3n) is 2.06. The third kappa shape index (κ3) is 3.44. The average Bonchev–Trinajstić information content (AvgIpc) is 2.75. The second kappa shape index (κ2) is 5.51. The summed E-state index contributed by atoms with van der Waals surface area (Å²) in [5.41, 5.74) is 0.923. The smallest absolute Gasteiger partial charge is 0.374 e. The van der Waals surface area contributed by atoms with Gasteiger partial charge in [-0.15, -0.1) is 0 Å². The van der Waals surface area contributed by atoms with E-state index < -0.39 is 5.97 Å². The van der Waals surface area contributed by atoms with Gasteiger partial charge in [-0.25, -0.2) is 4.79 Å². The fourth-order valence-corrected chi connectivity index (χ4v) is 1.80. The number of hydrogen-bond donors (Lipinski definition) is 0. The molecule has 1 heterocycles. The fraction of sp³-hybridized carbons (Fsp3) is 0.0833. The van der Waals surface area contributed by atoms with Crippen LogP contribution in [0, 0.1) is 0 Å². The summed E-state index contributed by atoms with van der Waals surface area (Å²) in [5, 5.41) is 0. The monoisotopic (exact) mass is 358 g/mol. The van der Waals surface area contributed by atoms with Gasteiger partial charge in [0.2, 0.25) is 5.76 Å². The molecule has 1 aromatic carbocycles. The van der Waals surface area contributed by atoms with Crippen LogP contribution >= 0.6 is 31.9 Å². The molecule has 0 spiro atoms. The van der Waals surface area contributed by atoms with Gasteiger partial charge in [-0.2, -0.15) is 0 Å². The summed E-state index contributed by atoms with van der Waals surface area (Å²) in [5.74, 6) is -0.285. The Labute approximate surface area is 115 Å². The molecule has 0 unspecified atom stereocenters. The molecular weight excluding hydrogens is 352 g/mol. The Morgan fingerprint density at radius 3 is 2.41 bits per heavy atom. The minimum atomic E-state index is -0.474. The Morgan fingerprint density at radius 1 is 1.12 bits per heavy atom. The summed E-state index contributed by atoms with van der Waals surface area (Å²) in [6, 6.07) is 10.8. The molecular formula is C12H8Br2O3. The molecule has 5 heteroatoms. The molecule has 0 saturated carbocycles. The Kier molecular flexibility index (Phi) is 4.02. The SMILES string of the molecule is O=C(OCc1ccc(Br)cc1)c1ccc(Br)o1. The molecule has 0 aliphatic heterocycles. The third-order valence-corrected chi connectivity index (χ3v) is 3.01. The molecule has 2 aromatic rings. The highest BCUT2D eigenvalue weighted by atomic mass is 79.9. The van der Waals surface area contributed by atoms with Gasteiger partial charge in [-0.1, -0.05) is 28.1 Å². The second-order valence-electron chi connectivity index (χ2n) is 3.31. The van der Waals surface area contributed by atoms with Gasteiger partial charge < -0.3 is 9.15 Å². The molecule has 0 fully saturated rings. The highest BCUT2D eigenvalue weighted by Crippen LogP contribution is 2.16. The normalized spacial score (nSPS) is 10.2. The number of furan rings is 1. The van der Waals surface area contributed by atoms with E-state index in [1.54, 1.807) is 12.1 Å². The lowest BCUT2D eigenvalue weighted by Gasteiger charge is -2.02. The van der Waals surface area contributed by atoms with E-state index in [4.69, 9.17) is 9.15 Å². The molecule has 3 nitrogen and oxygen atoms in total. The number of esters is 1. The van der Waals surface area contributed by atoms with Crippen LogP contribution in [0.15, 0.2) is 50.0 Å². The highest BCUT2D eigenvalue weighted by Gasteiger charge is 2.11. The zero-order chi connectivity index (χ0) is 12.3. The van der Waals surface area contributed by atoms with Crippen molar-refractivity contribution in [3.8, 4) is 0 Å². The van der Waals surface area contributed by atoms with Gasteiger partial charge >= 0.3 is 5.97 Å². The predicted molar refractivity (Wildman–Crippen MR) is 69.7 cm³/mol. The van der Waals surface area contributed by atoms with Gasteiger partial charge in [0.25, 0.3) is 0 Å². The number of carbonyl (C=O) groups excluding carboxylic acids is 1. The predicted octanol–water partition coefficient (Wildman–Crippen LogP) is 4.16. The van der Waals surface area contributed by atoms with E-state index in [1.807, 2.05) is 24.3 Å². The van der Waals surface area contributed by atoms with Crippen LogP contribution in [-0.2, 0) is 11.3 Å². The van der Waals surface area contributed by atoms with E-state index >= 15 is 0 Å². The molecule has 0 aliphatic carbocycles. The Balaban J connectivity index is 1.94. The Bertz CT molecular complexity index is 517. The molecule has 0 bridgehead atoms. The van der Waals surface area contributed by atoms with Crippen molar-refractivity contribution in [1.29, 1.82) is 0 Å². The zero-order valence-corrected chi connectivity index (χ0v) is 11.8. The van der Waals surface area contributed by atoms with Crippen LogP contribution in [0.5, 0.6) is 0 Å². The standard InChI is InChI=1S/C12H8Br2O3/c13-9-3-1-8(2-4-9)7-16-12(15)10-5-6-11(14)17-10/h1-6H,7H2. The van der Waals surface area contributed by atoms with E-state index in [0.29, 0.717) is 4.67 Å². The number of hydrogen-bond acceptors (Lipinski definition) is 3. The molecule has 0 atom stereocenters. The van der Waals surface area contributed by atoms with Crippen LogP contribution in [0.4, 0.5) is 0 Å². The van der Waals surface area contributed by atoms with Gasteiger partial charge in [0, 0.05) is 4.47 Å². The van der Waals surface area contributed by atoms with Crippen molar-refractivity contribution in [2.75, 3.05) is 0 Å². The summed E-state index contributed by atoms with van der Waals surface area (Å²) in [7, 11) is 0. The van der Waals surface area contributed by atoms with Crippen LogP contribution in [0.1, 0.15) is 16.1 Å². The van der Waals surface area contributed by atoms with Gasteiger partial charge in [-0.3, -0.25) is 0 Å². The summed E-state index contributed by atoms with van der Waals surface area (Å²) in [6.45, 7) is 0.227. The maximum Gasteiger partial charge on any atom is 0.374 e. The molecule has 0 amide bonds. The average molecular weight is 360 g/mol. The number of benzene rings is 1. The van der Waals surface area contributed by atoms with Crippen molar-refractivity contribution < 1.29 is 13.9 Å². The van der Waals surface area contributed by atoms with Crippen LogP contribution in [0.2, 0.25) is 0 Å². The van der Waals surface area contributed by atoms with Crippen LogP contribution in [0.3, 0.4) is 0 Å². The lowest BCUT2D eigenvalue weighted by atomic mass is 10.2. The van der Waals surface area contributed by atoms with E-state index in [-0.39, 0.29) is 12.4 Å². The van der Waals surface area contributed by atoms with Crippen molar-refractivity contribution >= 4 is 37.8 Å². The van der Waals surface area contributed by atoms with Crippen molar-refractivity contribution in [3.05, 3.63) is 56.9 Å². The topological polar surface area (TPSA) is 39.4 Å². The highest BCUT2D eigenvalue weighted by molar-refractivity contribution is 9.10. The van der Waals surface area contributed by atoms with E-state index in [1.165, 1.54) is 0 Å². The maximum absolute atomic E-state index is 11.6. The Morgan fingerprint density at radius 2 is 1.82 bits per heavy atom. The molecule has 0 aliphatic rings. The second-order valence-corrected chi connectivity index (χ2v) is 5.00. The van der Waals surface area contributed by atoms with Crippen LogP contribution in [-0.4, -0.2) is 5.97 Å². The fourth-order valence-electron chi connectivity index (χ4n) is 1.22. The van der Waals surface area contributed by atoms with E-state index in [0.717, 1.165) is 10.0 Å².